The number of esters is 2. The molecule has 0 bridgehead atoms. The molecule has 0 saturated carbocycles. The van der Waals surface area contributed by atoms with Crippen LogP contribution >= 0.6 is 0 Å². The highest BCUT2D eigenvalue weighted by atomic mass is 16.5. The van der Waals surface area contributed by atoms with Gasteiger partial charge in [-0.05, 0) is 85.8 Å². The predicted molar refractivity (Wildman–Crippen MR) is 175 cm³/mol. The van der Waals surface area contributed by atoms with Gasteiger partial charge in [-0.25, -0.2) is 9.59 Å². The molecule has 0 amide bonds. The molecule has 0 spiro atoms. The van der Waals surface area contributed by atoms with Crippen molar-refractivity contribution in [2.24, 2.45) is 0 Å². The van der Waals surface area contributed by atoms with E-state index >= 15 is 0 Å². The topological polar surface area (TPSA) is 61.8 Å². The zero-order valence-electron chi connectivity index (χ0n) is 28.3. The van der Waals surface area contributed by atoms with Gasteiger partial charge < -0.3 is 14.2 Å². The van der Waals surface area contributed by atoms with Gasteiger partial charge >= 0.3 is 11.9 Å². The van der Waals surface area contributed by atoms with Crippen LogP contribution in [0.5, 0.6) is 11.5 Å². The molecule has 232 valence electrons. The molecule has 0 aliphatic carbocycles. The first kappa shape index (κ1) is 30.8. The van der Waals surface area contributed by atoms with Crippen molar-refractivity contribution in [3.63, 3.8) is 0 Å². The molecule has 5 nitrogen and oxygen atoms in total. The average molecular weight is 589 g/mol. The molecule has 0 fully saturated rings. The van der Waals surface area contributed by atoms with E-state index in [2.05, 4.69) is 13.8 Å². The summed E-state index contributed by atoms with van der Waals surface area (Å²) in [5.74, 6) is -0.414. The SMILES string of the molecule is [2H]c1cc(-c2ccc(C(=O)OC(C)CCCCCC)cc2)cc([2H])c1OC(=O)c1ccc(OCCCCCCCCCC)cc1. The van der Waals surface area contributed by atoms with Crippen LogP contribution in [0.1, 0.15) is 128 Å². The van der Waals surface area contributed by atoms with Crippen LogP contribution in [0.3, 0.4) is 0 Å². The third kappa shape index (κ3) is 12.7. The number of ether oxygens (including phenoxy) is 3. The Morgan fingerprint density at radius 3 is 1.77 bits per heavy atom. The molecule has 0 heterocycles. The van der Waals surface area contributed by atoms with E-state index in [0.29, 0.717) is 29.0 Å². The molecule has 0 aliphatic rings. The fraction of sp³-hybridized carbons (Fsp3) is 0.474. The minimum Gasteiger partial charge on any atom is -0.494 e. The lowest BCUT2D eigenvalue weighted by atomic mass is 10.0. The lowest BCUT2D eigenvalue weighted by Gasteiger charge is -2.13. The lowest BCUT2D eigenvalue weighted by Crippen LogP contribution is -2.15. The number of carbonyl (C=O) groups is 2. The summed E-state index contributed by atoms with van der Waals surface area (Å²) in [6, 6.07) is 16.6. The van der Waals surface area contributed by atoms with Crippen molar-refractivity contribution >= 4 is 11.9 Å². The zero-order valence-corrected chi connectivity index (χ0v) is 26.3. The van der Waals surface area contributed by atoms with Gasteiger partial charge in [0.25, 0.3) is 0 Å². The van der Waals surface area contributed by atoms with E-state index in [9.17, 15) is 9.59 Å². The number of unbranched alkanes of at least 4 members (excludes halogenated alkanes) is 10. The summed E-state index contributed by atoms with van der Waals surface area (Å²) in [6.45, 7) is 6.96. The van der Waals surface area contributed by atoms with Crippen LogP contribution in [0.4, 0.5) is 0 Å². The van der Waals surface area contributed by atoms with Gasteiger partial charge in [0, 0.05) is 0 Å². The normalized spacial score (nSPS) is 12.3. The number of benzene rings is 3. The minimum absolute atomic E-state index is 0.0726. The van der Waals surface area contributed by atoms with Crippen molar-refractivity contribution in [3.8, 4) is 22.6 Å². The Morgan fingerprint density at radius 1 is 0.628 bits per heavy atom. The molecular weight excluding hydrogens is 536 g/mol. The Kier molecular flexibility index (Phi) is 14.0. The predicted octanol–water partition coefficient (Wildman–Crippen LogP) is 10.6. The van der Waals surface area contributed by atoms with Gasteiger partial charge in [0.05, 0.1) is 26.6 Å². The van der Waals surface area contributed by atoms with Gasteiger partial charge in [-0.2, -0.15) is 0 Å². The number of carbonyl (C=O) groups excluding carboxylic acids is 2. The highest BCUT2D eigenvalue weighted by molar-refractivity contribution is 5.91. The molecule has 3 aromatic carbocycles. The number of rotatable bonds is 20. The molecule has 3 aromatic rings. The second-order valence-electron chi connectivity index (χ2n) is 11.2. The summed E-state index contributed by atoms with van der Waals surface area (Å²) in [4.78, 5) is 25.4. The fourth-order valence-electron chi connectivity index (χ4n) is 4.83. The van der Waals surface area contributed by atoms with Crippen LogP contribution in [0.2, 0.25) is 0 Å². The molecule has 0 saturated heterocycles. The summed E-state index contributed by atoms with van der Waals surface area (Å²) in [7, 11) is 0. The summed E-state index contributed by atoms with van der Waals surface area (Å²) < 4.78 is 33.7. The van der Waals surface area contributed by atoms with E-state index in [-0.39, 0.29) is 29.9 Å². The Labute approximate surface area is 261 Å². The number of hydrogen-bond acceptors (Lipinski definition) is 5. The van der Waals surface area contributed by atoms with E-state index < -0.39 is 5.97 Å². The second-order valence-corrected chi connectivity index (χ2v) is 11.2. The Morgan fingerprint density at radius 2 is 1.14 bits per heavy atom. The van der Waals surface area contributed by atoms with Crippen molar-refractivity contribution in [1.29, 1.82) is 0 Å². The standard InChI is InChI=1S/C38H50O5/c1-4-6-8-10-11-12-13-15-29-41-35-25-23-34(24-26-35)38(40)43-36-27-21-32(22-28-36)31-17-19-33(20-18-31)37(39)42-30(3)16-14-9-7-5-2/h17-28,30H,4-16,29H2,1-3H3/i27D,28D. The third-order valence-electron chi connectivity index (χ3n) is 7.50. The smallest absolute Gasteiger partial charge is 0.343 e. The van der Waals surface area contributed by atoms with Gasteiger partial charge in [0.15, 0.2) is 0 Å². The fourth-order valence-corrected chi connectivity index (χ4v) is 4.83. The molecule has 3 rings (SSSR count). The van der Waals surface area contributed by atoms with Gasteiger partial charge in [0.2, 0.25) is 0 Å². The molecule has 0 aliphatic heterocycles. The molecule has 0 aromatic heterocycles. The van der Waals surface area contributed by atoms with E-state index in [1.54, 1.807) is 60.7 Å². The quantitative estimate of drug-likeness (QED) is 0.0746. The highest BCUT2D eigenvalue weighted by Gasteiger charge is 2.13. The summed E-state index contributed by atoms with van der Waals surface area (Å²) in [5.41, 5.74) is 2.12. The van der Waals surface area contributed by atoms with Crippen molar-refractivity contribution < 1.29 is 26.5 Å². The molecule has 1 unspecified atom stereocenters. The molecule has 0 radical (unpaired) electrons. The van der Waals surface area contributed by atoms with Crippen molar-refractivity contribution in [3.05, 3.63) is 83.9 Å². The highest BCUT2D eigenvalue weighted by Crippen LogP contribution is 2.24. The van der Waals surface area contributed by atoms with Crippen LogP contribution in [0, 0.1) is 0 Å². The summed E-state index contributed by atoms with van der Waals surface area (Å²) in [6.07, 6.45) is 15.1. The Bertz CT molecular complexity index is 1300. The van der Waals surface area contributed by atoms with Crippen LogP contribution in [-0.2, 0) is 4.74 Å². The second kappa shape index (κ2) is 19.6. The third-order valence-corrected chi connectivity index (χ3v) is 7.50. The van der Waals surface area contributed by atoms with Crippen LogP contribution in [0.25, 0.3) is 11.1 Å². The van der Waals surface area contributed by atoms with Crippen LogP contribution in [-0.4, -0.2) is 24.6 Å². The maximum Gasteiger partial charge on any atom is 0.343 e. The Hall–Kier alpha value is -3.60. The molecule has 1 atom stereocenters. The molecular formula is C38H50O5. The Balaban J connectivity index is 1.49. The minimum atomic E-state index is -0.637. The van der Waals surface area contributed by atoms with Gasteiger partial charge in [0.1, 0.15) is 11.5 Å². The van der Waals surface area contributed by atoms with Crippen molar-refractivity contribution in [2.45, 2.75) is 110 Å². The van der Waals surface area contributed by atoms with Gasteiger partial charge in [-0.1, -0.05) is 102 Å². The van der Waals surface area contributed by atoms with E-state index in [0.717, 1.165) is 37.7 Å². The van der Waals surface area contributed by atoms with Gasteiger partial charge in [-0.15, -0.1) is 0 Å². The first-order valence-corrected chi connectivity index (χ1v) is 16.2. The van der Waals surface area contributed by atoms with Gasteiger partial charge in [-0.3, -0.25) is 0 Å². The van der Waals surface area contributed by atoms with E-state index in [4.69, 9.17) is 17.0 Å². The average Bonchev–Trinajstić information content (AvgIpc) is 3.04. The molecule has 5 heteroatoms. The zero-order chi connectivity index (χ0) is 32.4. The maximum atomic E-state index is 12.8. The maximum absolute atomic E-state index is 12.8. The van der Waals surface area contributed by atoms with Crippen LogP contribution < -0.4 is 9.47 Å². The molecule has 43 heavy (non-hydrogen) atoms. The molecule has 0 N–H and O–H groups in total. The van der Waals surface area contributed by atoms with Crippen molar-refractivity contribution in [1.82, 2.24) is 0 Å². The first-order chi connectivity index (χ1) is 21.8. The van der Waals surface area contributed by atoms with E-state index in [1.807, 2.05) is 6.92 Å². The van der Waals surface area contributed by atoms with Crippen LogP contribution in [0.15, 0.2) is 72.7 Å². The summed E-state index contributed by atoms with van der Waals surface area (Å²) >= 11 is 0. The lowest BCUT2D eigenvalue weighted by molar-refractivity contribution is 0.0319. The van der Waals surface area contributed by atoms with Crippen molar-refractivity contribution in [2.75, 3.05) is 6.61 Å². The van der Waals surface area contributed by atoms with E-state index in [1.165, 1.54) is 51.4 Å². The monoisotopic (exact) mass is 588 g/mol. The first-order valence-electron chi connectivity index (χ1n) is 17.2. The summed E-state index contributed by atoms with van der Waals surface area (Å²) in [5, 5.41) is 0. The number of hydrogen-bond donors (Lipinski definition) is 0. The largest absolute Gasteiger partial charge is 0.494 e.